The molecule has 1 aromatic carbocycles. The monoisotopic (exact) mass is 399 g/mol. The van der Waals surface area contributed by atoms with Crippen molar-refractivity contribution in [3.63, 3.8) is 0 Å². The molecular weight excluding hydrogens is 375 g/mol. The minimum absolute atomic E-state index is 0. The van der Waals surface area contributed by atoms with Gasteiger partial charge in [0.2, 0.25) is 0 Å². The zero-order chi connectivity index (χ0) is 14.0. The molecule has 0 aromatic heterocycles. The van der Waals surface area contributed by atoms with Gasteiger partial charge in [0.1, 0.15) is 0 Å². The van der Waals surface area contributed by atoms with Crippen LogP contribution in [0.4, 0.5) is 0 Å². The third-order valence-electron chi connectivity index (χ3n) is 3.65. The maximum atomic E-state index is 2.43. The number of nitrogens with zero attached hydrogens (tertiary/aromatic N) is 1. The van der Waals surface area contributed by atoms with Gasteiger partial charge in [-0.05, 0) is 0 Å². The average Bonchev–Trinajstić information content (AvgIpc) is 2.70. The number of rotatable bonds is 4. The summed E-state index contributed by atoms with van der Waals surface area (Å²) in [6, 6.07) is 8.87. The number of fused-ring (bicyclic) bond motifs is 1. The molecule has 0 aliphatic heterocycles. The predicted octanol–water partition coefficient (Wildman–Crippen LogP) is -4.75. The Labute approximate surface area is 161 Å². The van der Waals surface area contributed by atoms with Crippen LogP contribution in [0.15, 0.2) is 30.3 Å². The summed E-state index contributed by atoms with van der Waals surface area (Å²) in [6.45, 7) is 8.38. The van der Waals surface area contributed by atoms with Crippen molar-refractivity contribution in [2.24, 2.45) is 5.41 Å². The Morgan fingerprint density at radius 3 is 2.23 bits per heavy atom. The molecule has 0 bridgehead atoms. The maximum Gasteiger partial charge on any atom is -1.00 e. The van der Waals surface area contributed by atoms with Gasteiger partial charge in [-0.15, -0.1) is 0 Å². The molecule has 5 heteroatoms. The van der Waals surface area contributed by atoms with E-state index in [2.05, 4.69) is 76.2 Å². The fraction of sp³-hybridized carbons (Fsp3) is 0.529. The van der Waals surface area contributed by atoms with Gasteiger partial charge >= 0.3 is 125 Å². The van der Waals surface area contributed by atoms with Crippen LogP contribution < -0.4 is 37.2 Å². The third-order valence-corrected chi connectivity index (χ3v) is 6.88. The van der Waals surface area contributed by atoms with E-state index < -0.39 is 0 Å². The van der Waals surface area contributed by atoms with Crippen LogP contribution in [0.5, 0.6) is 0 Å². The summed E-state index contributed by atoms with van der Waals surface area (Å²) in [5.74, 6) is 0. The van der Waals surface area contributed by atoms with Crippen LogP contribution in [0, 0.1) is 5.41 Å². The molecule has 2 rings (SSSR count). The van der Waals surface area contributed by atoms with Crippen molar-refractivity contribution in [1.82, 2.24) is 4.90 Å². The summed E-state index contributed by atoms with van der Waals surface area (Å²) in [6.07, 6.45) is 4.74. The quantitative estimate of drug-likeness (QED) is 0.491. The first-order chi connectivity index (χ1) is 8.88. The summed E-state index contributed by atoms with van der Waals surface area (Å²) < 4.78 is 1.50. The topological polar surface area (TPSA) is 3.24 Å². The van der Waals surface area contributed by atoms with Gasteiger partial charge in [-0.2, -0.15) is 0 Å². The Hall–Kier alpha value is 0.374. The molecule has 124 valence electrons. The van der Waals surface area contributed by atoms with Crippen LogP contribution in [-0.2, 0) is 16.3 Å². The minimum atomic E-state index is 0. The van der Waals surface area contributed by atoms with E-state index in [4.69, 9.17) is 0 Å². The van der Waals surface area contributed by atoms with Crippen molar-refractivity contribution in [1.29, 1.82) is 0 Å². The van der Waals surface area contributed by atoms with Gasteiger partial charge in [-0.1, -0.05) is 0 Å². The second-order valence-electron chi connectivity index (χ2n) is 6.73. The Balaban J connectivity index is 0. The fourth-order valence-electron chi connectivity index (χ4n) is 2.44. The zero-order valence-corrected chi connectivity index (χ0v) is 17.5. The molecule has 2 unspecified atom stereocenters. The van der Waals surface area contributed by atoms with Crippen molar-refractivity contribution < 1.29 is 53.5 Å². The standard InChI is InChI=1S/C9H7.C8H18N.3ClH.V/c1-2-5-9-7-3-6-8(9)4-1;1-8(2,3)6-7-9(4)5;;;;/h1-7H;6H,7H2,1-5H3;3*1H;/q;;;;;+3/p-3. The first kappa shape index (κ1) is 24.6. The first-order valence-corrected chi connectivity index (χ1v) is 8.61. The van der Waals surface area contributed by atoms with Gasteiger partial charge < -0.3 is 37.2 Å². The molecule has 0 spiro atoms. The SMILES string of the molecule is CN(C)C[CH]([V+3][CH]1C=Cc2ccccc21)C(C)(C)C.[Cl-].[Cl-].[Cl-]. The number of benzene rings is 1. The largest absolute Gasteiger partial charge is 1.00 e. The van der Waals surface area contributed by atoms with E-state index in [0.717, 1.165) is 4.63 Å². The molecule has 0 heterocycles. The smallest absolute Gasteiger partial charge is 1.00 e. The second kappa shape index (κ2) is 10.3. The van der Waals surface area contributed by atoms with Crippen LogP contribution in [0.25, 0.3) is 6.08 Å². The van der Waals surface area contributed by atoms with Crippen molar-refractivity contribution in [3.8, 4) is 0 Å². The predicted molar refractivity (Wildman–Crippen MR) is 80.0 cm³/mol. The van der Waals surface area contributed by atoms with Gasteiger partial charge in [0.25, 0.3) is 0 Å². The molecule has 1 aromatic rings. The van der Waals surface area contributed by atoms with E-state index in [1.54, 1.807) is 5.56 Å². The molecule has 0 radical (unpaired) electrons. The van der Waals surface area contributed by atoms with Gasteiger partial charge in [-0.25, -0.2) is 0 Å². The van der Waals surface area contributed by atoms with Crippen LogP contribution in [-0.4, -0.2) is 25.5 Å². The van der Waals surface area contributed by atoms with Crippen LogP contribution in [0.1, 0.15) is 36.5 Å². The summed E-state index contributed by atoms with van der Waals surface area (Å²) in [5.41, 5.74) is 3.38. The Kier molecular flexibility index (Phi) is 11.5. The Morgan fingerprint density at radius 1 is 1.09 bits per heavy atom. The molecule has 1 aliphatic rings. The molecule has 0 fully saturated rings. The molecule has 2 atom stereocenters. The van der Waals surface area contributed by atoms with Crippen LogP contribution in [0.3, 0.4) is 0 Å². The first-order valence-electron chi connectivity index (χ1n) is 7.00. The number of halogens is 3. The van der Waals surface area contributed by atoms with Crippen molar-refractivity contribution in [3.05, 3.63) is 41.5 Å². The molecule has 22 heavy (non-hydrogen) atoms. The van der Waals surface area contributed by atoms with E-state index in [-0.39, 0.29) is 53.5 Å². The molecular formula is C17H25Cl3NV. The number of hydrogen-bond donors (Lipinski definition) is 0. The summed E-state index contributed by atoms with van der Waals surface area (Å²) in [7, 11) is 4.39. The van der Waals surface area contributed by atoms with Crippen LogP contribution >= 0.6 is 0 Å². The van der Waals surface area contributed by atoms with Gasteiger partial charge in [0, 0.05) is 0 Å². The van der Waals surface area contributed by atoms with E-state index >= 15 is 0 Å². The average molecular weight is 401 g/mol. The van der Waals surface area contributed by atoms with Crippen molar-refractivity contribution in [2.45, 2.75) is 30.0 Å². The van der Waals surface area contributed by atoms with Gasteiger partial charge in [-0.3, -0.25) is 0 Å². The maximum absolute atomic E-state index is 2.43. The molecule has 1 aliphatic carbocycles. The number of hydrogen-bond acceptors (Lipinski definition) is 1. The normalized spacial score (nSPS) is 16.7. The van der Waals surface area contributed by atoms with E-state index in [9.17, 15) is 0 Å². The Bertz CT molecular complexity index is 469. The van der Waals surface area contributed by atoms with E-state index in [1.165, 1.54) is 12.1 Å². The minimum Gasteiger partial charge on any atom is -1.00 e. The van der Waals surface area contributed by atoms with Crippen molar-refractivity contribution in [2.75, 3.05) is 20.6 Å². The summed E-state index contributed by atoms with van der Waals surface area (Å²) in [5, 5.41) is 0. The van der Waals surface area contributed by atoms with Gasteiger partial charge in [0.05, 0.1) is 0 Å². The molecule has 0 N–H and O–H groups in total. The van der Waals surface area contributed by atoms with E-state index in [1.807, 2.05) is 0 Å². The van der Waals surface area contributed by atoms with Crippen molar-refractivity contribution >= 4 is 6.08 Å². The fourth-order valence-corrected chi connectivity index (χ4v) is 5.31. The zero-order valence-electron chi connectivity index (χ0n) is 13.9. The Morgan fingerprint density at radius 2 is 1.68 bits per heavy atom. The van der Waals surface area contributed by atoms with E-state index in [0.29, 0.717) is 10.0 Å². The molecule has 1 nitrogen and oxygen atoms in total. The summed E-state index contributed by atoms with van der Waals surface area (Å²) >= 11 is 0.282. The second-order valence-corrected chi connectivity index (χ2v) is 9.03. The summed E-state index contributed by atoms with van der Waals surface area (Å²) in [4.78, 5) is 2.34. The molecule has 0 amide bonds. The van der Waals surface area contributed by atoms with Gasteiger partial charge in [0.15, 0.2) is 0 Å². The third kappa shape index (κ3) is 6.47. The molecule has 0 saturated carbocycles. The number of allylic oxidation sites excluding steroid dienone is 1. The molecule has 0 saturated heterocycles. The van der Waals surface area contributed by atoms with Crippen LogP contribution in [0.2, 0.25) is 4.63 Å².